The molecule has 0 fully saturated rings. The van der Waals surface area contributed by atoms with Crippen molar-refractivity contribution in [1.82, 2.24) is 5.32 Å². The van der Waals surface area contributed by atoms with Gasteiger partial charge in [-0.15, -0.1) is 11.3 Å². The number of methoxy groups -OCH3 is 1. The number of hydrogen-bond acceptors (Lipinski definition) is 3. The van der Waals surface area contributed by atoms with Gasteiger partial charge in [-0.2, -0.15) is 0 Å². The Morgan fingerprint density at radius 1 is 1.40 bits per heavy atom. The SMILES string of the molecule is COc1ccc(NC(=O)N[C@@H](C)c2cccs2)cc1Cl. The second-order valence-electron chi connectivity index (χ2n) is 4.18. The van der Waals surface area contributed by atoms with Gasteiger partial charge in [0.25, 0.3) is 0 Å². The lowest BCUT2D eigenvalue weighted by atomic mass is 10.3. The van der Waals surface area contributed by atoms with Gasteiger partial charge in [-0.25, -0.2) is 4.79 Å². The van der Waals surface area contributed by atoms with Crippen molar-refractivity contribution in [2.45, 2.75) is 13.0 Å². The highest BCUT2D eigenvalue weighted by Gasteiger charge is 2.11. The zero-order chi connectivity index (χ0) is 14.5. The van der Waals surface area contributed by atoms with Crippen molar-refractivity contribution in [2.75, 3.05) is 12.4 Å². The topological polar surface area (TPSA) is 50.4 Å². The molecule has 0 saturated carbocycles. The Hall–Kier alpha value is -1.72. The zero-order valence-electron chi connectivity index (χ0n) is 11.1. The average molecular weight is 311 g/mol. The lowest BCUT2D eigenvalue weighted by Gasteiger charge is -2.13. The molecule has 4 nitrogen and oxygen atoms in total. The van der Waals surface area contributed by atoms with Gasteiger partial charge < -0.3 is 15.4 Å². The van der Waals surface area contributed by atoms with Crippen LogP contribution >= 0.6 is 22.9 Å². The number of carbonyl (C=O) groups excluding carboxylic acids is 1. The number of anilines is 1. The molecule has 2 aromatic rings. The van der Waals surface area contributed by atoms with E-state index in [4.69, 9.17) is 16.3 Å². The van der Waals surface area contributed by atoms with Gasteiger partial charge in [0.2, 0.25) is 0 Å². The molecule has 1 heterocycles. The molecule has 0 saturated heterocycles. The van der Waals surface area contributed by atoms with E-state index in [1.54, 1.807) is 36.6 Å². The normalized spacial score (nSPS) is 11.8. The van der Waals surface area contributed by atoms with E-state index in [0.717, 1.165) is 4.88 Å². The van der Waals surface area contributed by atoms with E-state index in [-0.39, 0.29) is 12.1 Å². The smallest absolute Gasteiger partial charge is 0.319 e. The molecule has 2 amide bonds. The fourth-order valence-corrected chi connectivity index (χ4v) is 2.71. The van der Waals surface area contributed by atoms with Gasteiger partial charge in [0.05, 0.1) is 18.2 Å². The Kier molecular flexibility index (Phi) is 4.87. The van der Waals surface area contributed by atoms with Gasteiger partial charge >= 0.3 is 6.03 Å². The number of urea groups is 1. The van der Waals surface area contributed by atoms with Crippen LogP contribution in [-0.2, 0) is 0 Å². The van der Waals surface area contributed by atoms with Gasteiger partial charge in [-0.1, -0.05) is 17.7 Å². The molecule has 2 N–H and O–H groups in total. The quantitative estimate of drug-likeness (QED) is 0.885. The Balaban J connectivity index is 1.96. The number of amides is 2. The van der Waals surface area contributed by atoms with Crippen molar-refractivity contribution in [1.29, 1.82) is 0 Å². The average Bonchev–Trinajstić information content (AvgIpc) is 2.92. The second kappa shape index (κ2) is 6.63. The van der Waals surface area contributed by atoms with Gasteiger partial charge in [0.1, 0.15) is 5.75 Å². The van der Waals surface area contributed by atoms with Crippen LogP contribution in [0.1, 0.15) is 17.8 Å². The number of nitrogens with one attached hydrogen (secondary N) is 2. The highest BCUT2D eigenvalue weighted by Crippen LogP contribution is 2.27. The first kappa shape index (κ1) is 14.7. The minimum atomic E-state index is -0.271. The third-order valence-corrected chi connectivity index (χ3v) is 4.08. The van der Waals surface area contributed by atoms with E-state index in [1.807, 2.05) is 24.4 Å². The monoisotopic (exact) mass is 310 g/mol. The van der Waals surface area contributed by atoms with Crippen molar-refractivity contribution >= 4 is 34.7 Å². The fraction of sp³-hybridized carbons (Fsp3) is 0.214. The number of hydrogen-bond donors (Lipinski definition) is 2. The number of rotatable bonds is 4. The Labute approximate surface area is 126 Å². The number of halogens is 1. The Morgan fingerprint density at radius 3 is 2.80 bits per heavy atom. The van der Waals surface area contributed by atoms with Crippen molar-refractivity contribution in [3.63, 3.8) is 0 Å². The highest BCUT2D eigenvalue weighted by atomic mass is 35.5. The van der Waals surface area contributed by atoms with Crippen LogP contribution in [0.4, 0.5) is 10.5 Å². The first-order chi connectivity index (χ1) is 9.60. The molecule has 0 unspecified atom stereocenters. The summed E-state index contributed by atoms with van der Waals surface area (Å²) >= 11 is 7.61. The molecule has 1 aromatic carbocycles. The summed E-state index contributed by atoms with van der Waals surface area (Å²) in [5.74, 6) is 0.574. The van der Waals surface area contributed by atoms with E-state index in [0.29, 0.717) is 16.5 Å². The van der Waals surface area contributed by atoms with Gasteiger partial charge in [-0.05, 0) is 36.6 Å². The summed E-state index contributed by atoms with van der Waals surface area (Å²) in [6, 6.07) is 8.73. The molecule has 1 atom stereocenters. The molecule has 6 heteroatoms. The van der Waals surface area contributed by atoms with E-state index in [2.05, 4.69) is 10.6 Å². The van der Waals surface area contributed by atoms with Crippen molar-refractivity contribution < 1.29 is 9.53 Å². The molecule has 20 heavy (non-hydrogen) atoms. The van der Waals surface area contributed by atoms with Crippen molar-refractivity contribution in [2.24, 2.45) is 0 Å². The van der Waals surface area contributed by atoms with Crippen LogP contribution in [0, 0.1) is 0 Å². The summed E-state index contributed by atoms with van der Waals surface area (Å²) in [4.78, 5) is 13.0. The van der Waals surface area contributed by atoms with Crippen LogP contribution < -0.4 is 15.4 Å². The maximum atomic E-state index is 11.9. The minimum absolute atomic E-state index is 0.0382. The molecule has 0 aliphatic carbocycles. The van der Waals surface area contributed by atoms with Gasteiger partial charge in [-0.3, -0.25) is 0 Å². The Bertz CT molecular complexity index is 587. The molecule has 106 valence electrons. The van der Waals surface area contributed by atoms with Crippen LogP contribution in [0.2, 0.25) is 5.02 Å². The zero-order valence-corrected chi connectivity index (χ0v) is 12.7. The maximum Gasteiger partial charge on any atom is 0.319 e. The van der Waals surface area contributed by atoms with Crippen LogP contribution in [0.5, 0.6) is 5.75 Å². The van der Waals surface area contributed by atoms with Crippen molar-refractivity contribution in [3.05, 3.63) is 45.6 Å². The predicted octanol–water partition coefficient (Wildman–Crippen LogP) is 4.29. The molecule has 1 aromatic heterocycles. The lowest BCUT2D eigenvalue weighted by molar-refractivity contribution is 0.249. The van der Waals surface area contributed by atoms with Gasteiger partial charge in [0.15, 0.2) is 0 Å². The number of thiophene rings is 1. The summed E-state index contributed by atoms with van der Waals surface area (Å²) < 4.78 is 5.06. The molecular weight excluding hydrogens is 296 g/mol. The summed E-state index contributed by atoms with van der Waals surface area (Å²) in [5, 5.41) is 8.04. The van der Waals surface area contributed by atoms with E-state index in [1.165, 1.54) is 0 Å². The second-order valence-corrected chi connectivity index (χ2v) is 5.57. The number of benzene rings is 1. The van der Waals surface area contributed by atoms with Crippen molar-refractivity contribution in [3.8, 4) is 5.75 Å². The molecule has 0 spiro atoms. The van der Waals surface area contributed by atoms with E-state index >= 15 is 0 Å². The van der Waals surface area contributed by atoms with Crippen LogP contribution in [0.25, 0.3) is 0 Å². The molecule has 0 aliphatic heterocycles. The van der Waals surface area contributed by atoms with E-state index in [9.17, 15) is 4.79 Å². The molecular formula is C14H15ClN2O2S. The summed E-state index contributed by atoms with van der Waals surface area (Å²) in [6.45, 7) is 1.94. The van der Waals surface area contributed by atoms with Gasteiger partial charge in [0, 0.05) is 10.6 Å². The fourth-order valence-electron chi connectivity index (χ4n) is 1.72. The first-order valence-corrected chi connectivity index (χ1v) is 7.30. The third-order valence-electron chi connectivity index (χ3n) is 2.73. The lowest BCUT2D eigenvalue weighted by Crippen LogP contribution is -2.30. The standard InChI is InChI=1S/C14H15ClN2O2S/c1-9(13-4-3-7-20-13)16-14(18)17-10-5-6-12(19-2)11(15)8-10/h3-9H,1-2H3,(H2,16,17,18)/t9-/m0/s1. The van der Waals surface area contributed by atoms with Crippen LogP contribution in [0.15, 0.2) is 35.7 Å². The number of ether oxygens (including phenoxy) is 1. The van der Waals surface area contributed by atoms with E-state index < -0.39 is 0 Å². The molecule has 0 aliphatic rings. The van der Waals surface area contributed by atoms with Crippen LogP contribution in [0.3, 0.4) is 0 Å². The molecule has 0 bridgehead atoms. The van der Waals surface area contributed by atoms with Crippen LogP contribution in [-0.4, -0.2) is 13.1 Å². The molecule has 0 radical (unpaired) electrons. The maximum absolute atomic E-state index is 11.9. The number of carbonyl (C=O) groups is 1. The summed E-state index contributed by atoms with van der Waals surface area (Å²) in [6.07, 6.45) is 0. The summed E-state index contributed by atoms with van der Waals surface area (Å²) in [7, 11) is 1.55. The largest absolute Gasteiger partial charge is 0.495 e. The Morgan fingerprint density at radius 2 is 2.20 bits per heavy atom. The predicted molar refractivity (Wildman–Crippen MR) is 82.9 cm³/mol. The highest BCUT2D eigenvalue weighted by molar-refractivity contribution is 7.10. The summed E-state index contributed by atoms with van der Waals surface area (Å²) in [5.41, 5.74) is 0.617. The third kappa shape index (κ3) is 3.65. The first-order valence-electron chi connectivity index (χ1n) is 6.04. The minimum Gasteiger partial charge on any atom is -0.495 e. The molecule has 2 rings (SSSR count).